The predicted molar refractivity (Wildman–Crippen MR) is 120 cm³/mol. The molecule has 9 nitrogen and oxygen atoms in total. The van der Waals surface area contributed by atoms with Crippen LogP contribution in [0.2, 0.25) is 0 Å². The van der Waals surface area contributed by atoms with Crippen LogP contribution in [0.15, 0.2) is 24.4 Å². The summed E-state index contributed by atoms with van der Waals surface area (Å²) in [5.41, 5.74) is 1.77. The first-order valence-electron chi connectivity index (χ1n) is 10.7. The van der Waals surface area contributed by atoms with Gasteiger partial charge >= 0.3 is 0 Å². The fourth-order valence-electron chi connectivity index (χ4n) is 4.47. The average molecular weight is 435 g/mol. The number of carbonyl (C=O) groups is 2. The number of fused-ring (bicyclic) bond motifs is 1. The number of rotatable bonds is 6. The third kappa shape index (κ3) is 4.08. The van der Waals surface area contributed by atoms with Gasteiger partial charge in [0.2, 0.25) is 11.9 Å². The van der Waals surface area contributed by atoms with Gasteiger partial charge in [-0.15, -0.1) is 0 Å². The van der Waals surface area contributed by atoms with E-state index in [0.717, 1.165) is 32.0 Å². The summed E-state index contributed by atoms with van der Waals surface area (Å²) in [7, 11) is 3.24. The van der Waals surface area contributed by atoms with Crippen molar-refractivity contribution in [3.63, 3.8) is 0 Å². The maximum absolute atomic E-state index is 13.0. The van der Waals surface area contributed by atoms with Crippen LogP contribution in [-0.4, -0.2) is 48.9 Å². The van der Waals surface area contributed by atoms with Crippen molar-refractivity contribution < 1.29 is 14.3 Å². The third-order valence-corrected chi connectivity index (χ3v) is 6.19. The van der Waals surface area contributed by atoms with Crippen molar-refractivity contribution in [2.24, 2.45) is 5.92 Å². The molecular weight excluding hydrogens is 408 g/mol. The maximum atomic E-state index is 13.0. The lowest BCUT2D eigenvalue weighted by Gasteiger charge is -2.31. The Balaban J connectivity index is 1.73. The summed E-state index contributed by atoms with van der Waals surface area (Å²) >= 11 is 0. The van der Waals surface area contributed by atoms with E-state index >= 15 is 0 Å². The van der Waals surface area contributed by atoms with Crippen LogP contribution in [0.1, 0.15) is 42.5 Å². The van der Waals surface area contributed by atoms with E-state index in [0.29, 0.717) is 41.0 Å². The number of nitrogens with zero attached hydrogens (tertiary/aromatic N) is 5. The molecule has 1 aromatic carbocycles. The Morgan fingerprint density at radius 2 is 2.12 bits per heavy atom. The van der Waals surface area contributed by atoms with Gasteiger partial charge in [-0.2, -0.15) is 10.2 Å². The summed E-state index contributed by atoms with van der Waals surface area (Å²) in [6.45, 7) is 0.461. The number of nitriles is 1. The van der Waals surface area contributed by atoms with E-state index in [1.54, 1.807) is 36.3 Å². The van der Waals surface area contributed by atoms with Gasteiger partial charge in [0.15, 0.2) is 5.82 Å². The molecule has 0 radical (unpaired) electrons. The fraction of sp³-hybridized carbons (Fsp3) is 0.435. The molecule has 166 valence electrons. The van der Waals surface area contributed by atoms with Gasteiger partial charge in [-0.25, -0.2) is 4.98 Å². The fourth-order valence-corrected chi connectivity index (χ4v) is 4.47. The molecule has 1 unspecified atom stereocenters. The lowest BCUT2D eigenvalue weighted by molar-refractivity contribution is -0.121. The quantitative estimate of drug-likeness (QED) is 0.690. The molecule has 2 aromatic rings. The van der Waals surface area contributed by atoms with Gasteiger partial charge < -0.3 is 19.9 Å². The van der Waals surface area contributed by atoms with Crippen molar-refractivity contribution in [2.75, 3.05) is 35.8 Å². The van der Waals surface area contributed by atoms with Crippen molar-refractivity contribution >= 4 is 35.3 Å². The Hall–Kier alpha value is -3.67. The molecule has 1 saturated carbocycles. The molecule has 32 heavy (non-hydrogen) atoms. The minimum atomic E-state index is -0.410. The molecule has 0 saturated heterocycles. The Bertz CT molecular complexity index is 1060. The van der Waals surface area contributed by atoms with E-state index in [4.69, 9.17) is 9.72 Å². The smallest absolute Gasteiger partial charge is 0.232 e. The Kier molecular flexibility index (Phi) is 6.21. The number of ether oxygens (including phenoxy) is 1. The molecule has 1 aromatic heterocycles. The zero-order valence-corrected chi connectivity index (χ0v) is 18.2. The van der Waals surface area contributed by atoms with Crippen LogP contribution >= 0.6 is 0 Å². The zero-order chi connectivity index (χ0) is 22.7. The largest absolute Gasteiger partial charge is 0.495 e. The van der Waals surface area contributed by atoms with Crippen LogP contribution in [0.3, 0.4) is 0 Å². The minimum Gasteiger partial charge on any atom is -0.495 e. The SMILES string of the molecule is COc1cc(C=O)ccc1Nc1ncc2c(n1)N(C1CCCC1)CC(CC#N)C(=O)N2C. The molecule has 1 amide bonds. The number of aldehydes is 1. The number of hydrogen-bond acceptors (Lipinski definition) is 8. The summed E-state index contributed by atoms with van der Waals surface area (Å²) in [6.07, 6.45) is 6.91. The number of methoxy groups -OCH3 is 1. The van der Waals surface area contributed by atoms with Crippen molar-refractivity contribution in [1.29, 1.82) is 5.26 Å². The van der Waals surface area contributed by atoms with Gasteiger partial charge in [-0.1, -0.05) is 12.8 Å². The number of anilines is 4. The first-order chi connectivity index (χ1) is 15.5. The second-order valence-corrected chi connectivity index (χ2v) is 8.15. The Labute approximate surface area is 187 Å². The molecule has 2 aliphatic rings. The zero-order valence-electron chi connectivity index (χ0n) is 18.2. The van der Waals surface area contributed by atoms with Crippen molar-refractivity contribution in [2.45, 2.75) is 38.1 Å². The Morgan fingerprint density at radius 3 is 2.81 bits per heavy atom. The summed E-state index contributed by atoms with van der Waals surface area (Å²) in [6, 6.07) is 7.50. The molecule has 1 fully saturated rings. The van der Waals surface area contributed by atoms with Gasteiger partial charge in [-0.3, -0.25) is 9.59 Å². The number of aromatic nitrogens is 2. The summed E-state index contributed by atoms with van der Waals surface area (Å²) < 4.78 is 5.40. The van der Waals surface area contributed by atoms with E-state index < -0.39 is 5.92 Å². The highest BCUT2D eigenvalue weighted by molar-refractivity contribution is 5.99. The highest BCUT2D eigenvalue weighted by Crippen LogP contribution is 2.38. The first kappa shape index (κ1) is 21.6. The van der Waals surface area contributed by atoms with E-state index in [9.17, 15) is 14.9 Å². The first-order valence-corrected chi connectivity index (χ1v) is 10.7. The molecule has 4 rings (SSSR count). The van der Waals surface area contributed by atoms with E-state index in [1.165, 1.54) is 7.11 Å². The van der Waals surface area contributed by atoms with Crippen LogP contribution in [0, 0.1) is 17.2 Å². The average Bonchev–Trinajstić information content (AvgIpc) is 3.32. The lowest BCUT2D eigenvalue weighted by Crippen LogP contribution is -2.40. The predicted octanol–water partition coefficient (Wildman–Crippen LogP) is 3.30. The van der Waals surface area contributed by atoms with Gasteiger partial charge in [-0.05, 0) is 31.0 Å². The van der Waals surface area contributed by atoms with Crippen molar-refractivity contribution in [3.05, 3.63) is 30.0 Å². The normalized spacial score (nSPS) is 18.7. The molecule has 9 heteroatoms. The molecule has 1 aliphatic heterocycles. The number of hydrogen-bond donors (Lipinski definition) is 1. The molecule has 0 bridgehead atoms. The molecular formula is C23H26N6O3. The number of nitrogens with one attached hydrogen (secondary N) is 1. The summed E-state index contributed by atoms with van der Waals surface area (Å²) in [5.74, 6) is 1.05. The highest BCUT2D eigenvalue weighted by Gasteiger charge is 2.36. The van der Waals surface area contributed by atoms with Gasteiger partial charge in [0.05, 0.1) is 31.0 Å². The summed E-state index contributed by atoms with van der Waals surface area (Å²) in [5, 5.41) is 12.4. The van der Waals surface area contributed by atoms with Crippen LogP contribution in [0.4, 0.5) is 23.1 Å². The van der Waals surface area contributed by atoms with Gasteiger partial charge in [0.25, 0.3) is 0 Å². The topological polar surface area (TPSA) is 111 Å². The molecule has 1 N–H and O–H groups in total. The van der Waals surface area contributed by atoms with E-state index in [-0.39, 0.29) is 18.4 Å². The minimum absolute atomic E-state index is 0.0938. The van der Waals surface area contributed by atoms with E-state index in [1.807, 2.05) is 0 Å². The highest BCUT2D eigenvalue weighted by atomic mass is 16.5. The molecule has 1 aliphatic carbocycles. The number of amides is 1. The Morgan fingerprint density at radius 1 is 1.34 bits per heavy atom. The second-order valence-electron chi connectivity index (χ2n) is 8.15. The second kappa shape index (κ2) is 9.22. The molecule has 0 spiro atoms. The number of benzene rings is 1. The lowest BCUT2D eigenvalue weighted by atomic mass is 10.0. The number of carbonyl (C=O) groups excluding carboxylic acids is 2. The van der Waals surface area contributed by atoms with Crippen LogP contribution in [0.5, 0.6) is 5.75 Å². The van der Waals surface area contributed by atoms with Gasteiger partial charge in [0, 0.05) is 31.6 Å². The van der Waals surface area contributed by atoms with E-state index in [2.05, 4.69) is 21.3 Å². The van der Waals surface area contributed by atoms with Crippen LogP contribution in [0.25, 0.3) is 0 Å². The standard InChI is InChI=1S/C23H26N6O3/c1-28-19-12-25-23(26-18-8-7-15(14-30)11-20(18)32-2)27-21(19)29(17-5-3-4-6-17)13-16(9-10-24)22(28)31/h7-8,11-12,14,16-17H,3-6,9,13H2,1-2H3,(H,25,26,27). The molecule has 1 atom stereocenters. The van der Waals surface area contributed by atoms with Crippen molar-refractivity contribution in [3.8, 4) is 11.8 Å². The maximum Gasteiger partial charge on any atom is 0.232 e. The monoisotopic (exact) mass is 434 g/mol. The van der Waals surface area contributed by atoms with Gasteiger partial charge in [0.1, 0.15) is 17.7 Å². The van der Waals surface area contributed by atoms with Crippen molar-refractivity contribution in [1.82, 2.24) is 9.97 Å². The van der Waals surface area contributed by atoms with Crippen LogP contribution < -0.4 is 19.9 Å². The van der Waals surface area contributed by atoms with Crippen LogP contribution in [-0.2, 0) is 4.79 Å². The molecule has 2 heterocycles. The summed E-state index contributed by atoms with van der Waals surface area (Å²) in [4.78, 5) is 37.1. The third-order valence-electron chi connectivity index (χ3n) is 6.19.